The SMILES string of the molecule is COc1ccccc1CC(C)Nc1cc(F)cc(F)c1. The maximum Gasteiger partial charge on any atom is 0.128 e. The number of para-hydroxylation sites is 1. The first-order chi connectivity index (χ1) is 9.58. The lowest BCUT2D eigenvalue weighted by Crippen LogP contribution is -2.18. The van der Waals surface area contributed by atoms with Crippen molar-refractivity contribution in [2.75, 3.05) is 12.4 Å². The average molecular weight is 277 g/mol. The van der Waals surface area contributed by atoms with E-state index in [0.717, 1.165) is 17.4 Å². The predicted octanol–water partition coefficient (Wildman–Crippen LogP) is 4.02. The van der Waals surface area contributed by atoms with E-state index < -0.39 is 11.6 Å². The highest BCUT2D eigenvalue weighted by Gasteiger charge is 2.09. The molecular formula is C16H17F2NO. The maximum absolute atomic E-state index is 13.1. The molecule has 2 nitrogen and oxygen atoms in total. The van der Waals surface area contributed by atoms with Crippen molar-refractivity contribution in [3.05, 3.63) is 59.7 Å². The van der Waals surface area contributed by atoms with Crippen LogP contribution in [-0.4, -0.2) is 13.2 Å². The molecule has 0 heterocycles. The van der Waals surface area contributed by atoms with Gasteiger partial charge in [0, 0.05) is 17.8 Å². The average Bonchev–Trinajstić information content (AvgIpc) is 2.37. The molecule has 0 radical (unpaired) electrons. The molecule has 1 N–H and O–H groups in total. The lowest BCUT2D eigenvalue weighted by molar-refractivity contribution is 0.409. The van der Waals surface area contributed by atoms with Gasteiger partial charge in [0.25, 0.3) is 0 Å². The van der Waals surface area contributed by atoms with Gasteiger partial charge >= 0.3 is 0 Å². The Labute approximate surface area is 117 Å². The number of rotatable bonds is 5. The van der Waals surface area contributed by atoms with Gasteiger partial charge in [-0.15, -0.1) is 0 Å². The van der Waals surface area contributed by atoms with Gasteiger partial charge in [0.05, 0.1) is 7.11 Å². The minimum Gasteiger partial charge on any atom is -0.496 e. The molecule has 106 valence electrons. The van der Waals surface area contributed by atoms with Crippen LogP contribution in [0.3, 0.4) is 0 Å². The van der Waals surface area contributed by atoms with Gasteiger partial charge in [0.1, 0.15) is 17.4 Å². The summed E-state index contributed by atoms with van der Waals surface area (Å²) in [6.07, 6.45) is 0.697. The third-order valence-electron chi connectivity index (χ3n) is 2.99. The summed E-state index contributed by atoms with van der Waals surface area (Å²) in [4.78, 5) is 0. The van der Waals surface area contributed by atoms with Crippen molar-refractivity contribution in [3.63, 3.8) is 0 Å². The number of nitrogens with one attached hydrogen (secondary N) is 1. The molecular weight excluding hydrogens is 260 g/mol. The van der Waals surface area contributed by atoms with Crippen LogP contribution in [0.1, 0.15) is 12.5 Å². The van der Waals surface area contributed by atoms with Gasteiger partial charge in [-0.25, -0.2) is 8.78 Å². The molecule has 0 bridgehead atoms. The second-order valence-corrected chi connectivity index (χ2v) is 4.72. The number of benzene rings is 2. The van der Waals surface area contributed by atoms with Crippen LogP contribution in [0.25, 0.3) is 0 Å². The number of ether oxygens (including phenoxy) is 1. The number of hydrogen-bond acceptors (Lipinski definition) is 2. The van der Waals surface area contributed by atoms with Crippen molar-refractivity contribution in [1.29, 1.82) is 0 Å². The van der Waals surface area contributed by atoms with Crippen LogP contribution in [0.5, 0.6) is 5.75 Å². The van der Waals surface area contributed by atoms with Gasteiger partial charge in [0.15, 0.2) is 0 Å². The van der Waals surface area contributed by atoms with E-state index in [1.165, 1.54) is 12.1 Å². The largest absolute Gasteiger partial charge is 0.496 e. The summed E-state index contributed by atoms with van der Waals surface area (Å²) in [5, 5.41) is 3.09. The van der Waals surface area contributed by atoms with E-state index >= 15 is 0 Å². The van der Waals surface area contributed by atoms with Crippen LogP contribution in [-0.2, 0) is 6.42 Å². The van der Waals surface area contributed by atoms with Crippen LogP contribution < -0.4 is 10.1 Å². The molecule has 2 aromatic rings. The lowest BCUT2D eigenvalue weighted by Gasteiger charge is -2.17. The van der Waals surface area contributed by atoms with Crippen LogP contribution in [0.15, 0.2) is 42.5 Å². The fourth-order valence-corrected chi connectivity index (χ4v) is 2.17. The lowest BCUT2D eigenvalue weighted by atomic mass is 10.1. The van der Waals surface area contributed by atoms with Crippen molar-refractivity contribution in [3.8, 4) is 5.75 Å². The van der Waals surface area contributed by atoms with Crippen molar-refractivity contribution >= 4 is 5.69 Å². The van der Waals surface area contributed by atoms with Crippen LogP contribution in [0.2, 0.25) is 0 Å². The first kappa shape index (κ1) is 14.3. The zero-order chi connectivity index (χ0) is 14.5. The summed E-state index contributed by atoms with van der Waals surface area (Å²) in [5.41, 5.74) is 1.48. The molecule has 0 saturated carbocycles. The van der Waals surface area contributed by atoms with Gasteiger partial charge in [0.2, 0.25) is 0 Å². The number of halogens is 2. The second-order valence-electron chi connectivity index (χ2n) is 4.72. The standard InChI is InChI=1S/C16H17F2NO/c1-11(7-12-5-3-4-6-16(12)20-2)19-15-9-13(17)8-14(18)10-15/h3-6,8-11,19H,7H2,1-2H3. The smallest absolute Gasteiger partial charge is 0.128 e. The van der Waals surface area contributed by atoms with Gasteiger partial charge in [-0.3, -0.25) is 0 Å². The Hall–Kier alpha value is -2.10. The third-order valence-corrected chi connectivity index (χ3v) is 2.99. The van der Waals surface area contributed by atoms with Crippen molar-refractivity contribution < 1.29 is 13.5 Å². The predicted molar refractivity (Wildman–Crippen MR) is 76.1 cm³/mol. The summed E-state index contributed by atoms with van der Waals surface area (Å²) in [5.74, 6) is -0.361. The molecule has 4 heteroatoms. The first-order valence-corrected chi connectivity index (χ1v) is 6.43. The summed E-state index contributed by atoms with van der Waals surface area (Å²) in [6, 6.07) is 11.1. The van der Waals surface area contributed by atoms with Crippen LogP contribution >= 0.6 is 0 Å². The quantitative estimate of drug-likeness (QED) is 0.891. The van der Waals surface area contributed by atoms with Gasteiger partial charge in [-0.05, 0) is 37.1 Å². The monoisotopic (exact) mass is 277 g/mol. The summed E-state index contributed by atoms with van der Waals surface area (Å²) < 4.78 is 31.5. The van der Waals surface area contributed by atoms with E-state index in [1.807, 2.05) is 31.2 Å². The second kappa shape index (κ2) is 6.37. The molecule has 0 amide bonds. The zero-order valence-corrected chi connectivity index (χ0v) is 11.5. The Kier molecular flexibility index (Phi) is 4.56. The van der Waals surface area contributed by atoms with E-state index in [-0.39, 0.29) is 6.04 Å². The Morgan fingerprint density at radius 1 is 1.10 bits per heavy atom. The van der Waals surface area contributed by atoms with Gasteiger partial charge in [-0.1, -0.05) is 18.2 Å². The number of hydrogen-bond donors (Lipinski definition) is 1. The number of methoxy groups -OCH3 is 1. The molecule has 1 unspecified atom stereocenters. The Morgan fingerprint density at radius 3 is 2.40 bits per heavy atom. The molecule has 2 rings (SSSR count). The summed E-state index contributed by atoms with van der Waals surface area (Å²) in [6.45, 7) is 1.95. The van der Waals surface area contributed by atoms with Crippen molar-refractivity contribution in [2.24, 2.45) is 0 Å². The first-order valence-electron chi connectivity index (χ1n) is 6.43. The molecule has 0 aliphatic rings. The highest BCUT2D eigenvalue weighted by Crippen LogP contribution is 2.21. The number of anilines is 1. The Bertz CT molecular complexity index is 566. The molecule has 1 atom stereocenters. The molecule has 0 fully saturated rings. The third kappa shape index (κ3) is 3.70. The molecule has 0 aromatic heterocycles. The molecule has 0 aliphatic heterocycles. The van der Waals surface area contributed by atoms with Gasteiger partial charge in [-0.2, -0.15) is 0 Å². The minimum atomic E-state index is -0.586. The van der Waals surface area contributed by atoms with E-state index in [2.05, 4.69) is 5.32 Å². The fraction of sp³-hybridized carbons (Fsp3) is 0.250. The van der Waals surface area contributed by atoms with Crippen molar-refractivity contribution in [2.45, 2.75) is 19.4 Å². The molecule has 0 spiro atoms. The highest BCUT2D eigenvalue weighted by atomic mass is 19.1. The van der Waals surface area contributed by atoms with E-state index in [4.69, 9.17) is 4.74 Å². The summed E-state index contributed by atoms with van der Waals surface area (Å²) in [7, 11) is 1.62. The topological polar surface area (TPSA) is 21.3 Å². The fourth-order valence-electron chi connectivity index (χ4n) is 2.17. The molecule has 0 aliphatic carbocycles. The summed E-state index contributed by atoms with van der Waals surface area (Å²) >= 11 is 0. The zero-order valence-electron chi connectivity index (χ0n) is 11.5. The molecule has 0 saturated heterocycles. The van der Waals surface area contributed by atoms with Crippen LogP contribution in [0, 0.1) is 11.6 Å². The van der Waals surface area contributed by atoms with E-state index in [0.29, 0.717) is 12.1 Å². The Balaban J connectivity index is 2.07. The van der Waals surface area contributed by atoms with Crippen molar-refractivity contribution in [1.82, 2.24) is 0 Å². The Morgan fingerprint density at radius 2 is 1.75 bits per heavy atom. The minimum absolute atomic E-state index is 0.0208. The highest BCUT2D eigenvalue weighted by molar-refractivity contribution is 5.45. The van der Waals surface area contributed by atoms with E-state index in [9.17, 15) is 8.78 Å². The normalized spacial score (nSPS) is 12.0. The molecule has 2 aromatic carbocycles. The maximum atomic E-state index is 13.1. The van der Waals surface area contributed by atoms with Gasteiger partial charge < -0.3 is 10.1 Å². The van der Waals surface area contributed by atoms with E-state index in [1.54, 1.807) is 7.11 Å². The molecule has 20 heavy (non-hydrogen) atoms. The van der Waals surface area contributed by atoms with Crippen LogP contribution in [0.4, 0.5) is 14.5 Å².